The standard InChI is InChI=1S/C8H8Cl2N2O2.2ClH/c9-5-2-12-3-6(10)4(5)1-7(11)8(13)14;;/h2-3,7H,1,11H2,(H,13,14);2*1H. The van der Waals surface area contributed by atoms with Gasteiger partial charge in [-0.2, -0.15) is 0 Å². The van der Waals surface area contributed by atoms with Gasteiger partial charge in [0.15, 0.2) is 0 Å². The van der Waals surface area contributed by atoms with E-state index in [1.165, 1.54) is 12.4 Å². The van der Waals surface area contributed by atoms with Crippen LogP contribution in [0.15, 0.2) is 12.4 Å². The number of halogens is 4. The first-order chi connectivity index (χ1) is 6.52. The van der Waals surface area contributed by atoms with E-state index in [0.29, 0.717) is 15.6 Å². The molecule has 1 atom stereocenters. The third-order valence-electron chi connectivity index (χ3n) is 1.69. The first-order valence-corrected chi connectivity index (χ1v) is 4.54. The third-order valence-corrected chi connectivity index (χ3v) is 2.35. The van der Waals surface area contributed by atoms with E-state index >= 15 is 0 Å². The molecule has 0 spiro atoms. The first kappa shape index (κ1) is 18.1. The van der Waals surface area contributed by atoms with Crippen molar-refractivity contribution in [3.8, 4) is 0 Å². The van der Waals surface area contributed by atoms with Crippen LogP contribution in [-0.2, 0) is 11.2 Å². The van der Waals surface area contributed by atoms with Crippen LogP contribution in [0.2, 0.25) is 10.0 Å². The van der Waals surface area contributed by atoms with Crippen LogP contribution in [-0.4, -0.2) is 22.1 Å². The van der Waals surface area contributed by atoms with Crippen molar-refractivity contribution in [1.82, 2.24) is 4.98 Å². The molecule has 4 nitrogen and oxygen atoms in total. The average molecular weight is 308 g/mol. The Morgan fingerprint density at radius 2 is 1.81 bits per heavy atom. The van der Waals surface area contributed by atoms with Crippen molar-refractivity contribution in [2.24, 2.45) is 5.73 Å². The summed E-state index contributed by atoms with van der Waals surface area (Å²) in [5, 5.41) is 9.25. The van der Waals surface area contributed by atoms with Crippen LogP contribution in [0.1, 0.15) is 5.56 Å². The summed E-state index contributed by atoms with van der Waals surface area (Å²) in [5.41, 5.74) is 5.86. The molecule has 1 heterocycles. The van der Waals surface area contributed by atoms with Crippen molar-refractivity contribution in [3.05, 3.63) is 28.0 Å². The second-order valence-electron chi connectivity index (χ2n) is 2.73. The molecule has 0 saturated carbocycles. The molecule has 0 bridgehead atoms. The molecule has 1 rings (SSSR count). The summed E-state index contributed by atoms with van der Waals surface area (Å²) in [6, 6.07) is -1.01. The van der Waals surface area contributed by atoms with E-state index < -0.39 is 12.0 Å². The largest absolute Gasteiger partial charge is 0.480 e. The van der Waals surface area contributed by atoms with Crippen molar-refractivity contribution in [2.45, 2.75) is 12.5 Å². The molecular formula is C8H10Cl4N2O2. The number of rotatable bonds is 3. The summed E-state index contributed by atoms with van der Waals surface area (Å²) in [6.45, 7) is 0. The van der Waals surface area contributed by atoms with Crippen LogP contribution in [0.4, 0.5) is 0 Å². The Morgan fingerprint density at radius 3 is 2.19 bits per heavy atom. The van der Waals surface area contributed by atoms with E-state index in [9.17, 15) is 4.79 Å². The Labute approximate surface area is 115 Å². The van der Waals surface area contributed by atoms with Gasteiger partial charge in [0.05, 0.1) is 10.0 Å². The SMILES string of the molecule is Cl.Cl.NC(Cc1c(Cl)cncc1Cl)C(=O)O. The van der Waals surface area contributed by atoms with Gasteiger partial charge in [-0.25, -0.2) is 0 Å². The molecule has 0 aliphatic carbocycles. The van der Waals surface area contributed by atoms with Crippen LogP contribution < -0.4 is 5.73 Å². The van der Waals surface area contributed by atoms with E-state index in [4.69, 9.17) is 34.0 Å². The van der Waals surface area contributed by atoms with E-state index in [1.54, 1.807) is 0 Å². The number of carboxylic acid groups (broad SMARTS) is 1. The fourth-order valence-corrected chi connectivity index (χ4v) is 1.46. The summed E-state index contributed by atoms with van der Waals surface area (Å²) in [4.78, 5) is 14.2. The van der Waals surface area contributed by atoms with Crippen LogP contribution in [0.3, 0.4) is 0 Å². The Balaban J connectivity index is 0. The Morgan fingerprint density at radius 1 is 1.38 bits per heavy atom. The molecule has 16 heavy (non-hydrogen) atoms. The van der Waals surface area contributed by atoms with Gasteiger partial charge in [0.2, 0.25) is 0 Å². The van der Waals surface area contributed by atoms with Crippen molar-refractivity contribution in [3.63, 3.8) is 0 Å². The first-order valence-electron chi connectivity index (χ1n) is 3.78. The zero-order chi connectivity index (χ0) is 10.7. The molecule has 0 aliphatic rings. The topological polar surface area (TPSA) is 76.2 Å². The number of hydrogen-bond acceptors (Lipinski definition) is 3. The van der Waals surface area contributed by atoms with Gasteiger partial charge in [-0.1, -0.05) is 23.2 Å². The molecular weight excluding hydrogens is 298 g/mol. The number of carboxylic acids is 1. The lowest BCUT2D eigenvalue weighted by molar-refractivity contribution is -0.138. The molecule has 92 valence electrons. The van der Waals surface area contributed by atoms with E-state index in [0.717, 1.165) is 0 Å². The minimum atomic E-state index is -1.09. The summed E-state index contributed by atoms with van der Waals surface area (Å²) in [5.74, 6) is -1.09. The van der Waals surface area contributed by atoms with Crippen LogP contribution >= 0.6 is 48.0 Å². The predicted octanol–water partition coefficient (Wildman–Crippen LogP) is 2.19. The van der Waals surface area contributed by atoms with Gasteiger partial charge >= 0.3 is 5.97 Å². The normalized spacial score (nSPS) is 10.9. The van der Waals surface area contributed by atoms with Crippen molar-refractivity contribution in [2.75, 3.05) is 0 Å². The van der Waals surface area contributed by atoms with Gasteiger partial charge < -0.3 is 10.8 Å². The quantitative estimate of drug-likeness (QED) is 0.897. The zero-order valence-electron chi connectivity index (χ0n) is 7.89. The van der Waals surface area contributed by atoms with Crippen molar-refractivity contribution >= 4 is 54.0 Å². The molecule has 1 aromatic heterocycles. The third kappa shape index (κ3) is 4.72. The maximum atomic E-state index is 10.5. The Hall–Kier alpha value is -0.260. The van der Waals surface area contributed by atoms with Gasteiger partial charge in [0, 0.05) is 18.8 Å². The highest BCUT2D eigenvalue weighted by atomic mass is 35.5. The smallest absolute Gasteiger partial charge is 0.320 e. The van der Waals surface area contributed by atoms with E-state index in [1.807, 2.05) is 0 Å². The monoisotopic (exact) mass is 306 g/mol. The summed E-state index contributed by atoms with van der Waals surface area (Å²) >= 11 is 11.6. The second-order valence-corrected chi connectivity index (χ2v) is 3.54. The molecule has 1 aromatic rings. The molecule has 1 unspecified atom stereocenters. The molecule has 0 saturated heterocycles. The van der Waals surface area contributed by atoms with Crippen molar-refractivity contribution in [1.29, 1.82) is 0 Å². The molecule has 8 heteroatoms. The number of nitrogens with two attached hydrogens (primary N) is 1. The molecule has 0 amide bonds. The van der Waals surface area contributed by atoms with Gasteiger partial charge in [0.1, 0.15) is 6.04 Å². The maximum Gasteiger partial charge on any atom is 0.320 e. The number of carbonyl (C=O) groups is 1. The minimum Gasteiger partial charge on any atom is -0.480 e. The number of hydrogen-bond donors (Lipinski definition) is 2. The minimum absolute atomic E-state index is 0. The lowest BCUT2D eigenvalue weighted by atomic mass is 10.1. The predicted molar refractivity (Wildman–Crippen MR) is 68.1 cm³/mol. The van der Waals surface area contributed by atoms with Gasteiger partial charge in [0.25, 0.3) is 0 Å². The summed E-state index contributed by atoms with van der Waals surface area (Å²) in [7, 11) is 0. The zero-order valence-corrected chi connectivity index (χ0v) is 11.0. The van der Waals surface area contributed by atoms with Crippen LogP contribution in [0, 0.1) is 0 Å². The fraction of sp³-hybridized carbons (Fsp3) is 0.250. The van der Waals surface area contributed by atoms with Crippen molar-refractivity contribution < 1.29 is 9.90 Å². The van der Waals surface area contributed by atoms with E-state index in [2.05, 4.69) is 4.98 Å². The summed E-state index contributed by atoms with van der Waals surface area (Å²) < 4.78 is 0. The Kier molecular flexibility index (Phi) is 8.97. The molecule has 0 fully saturated rings. The molecule has 3 N–H and O–H groups in total. The molecule has 0 aromatic carbocycles. The van der Waals surface area contributed by atoms with Gasteiger partial charge in [-0.05, 0) is 5.56 Å². The average Bonchev–Trinajstić information content (AvgIpc) is 2.11. The highest BCUT2D eigenvalue weighted by Gasteiger charge is 2.16. The number of pyridine rings is 1. The second kappa shape index (κ2) is 7.92. The summed E-state index contributed by atoms with van der Waals surface area (Å²) in [6.07, 6.45) is 2.89. The highest BCUT2D eigenvalue weighted by molar-refractivity contribution is 6.35. The number of aliphatic carboxylic acids is 1. The lowest BCUT2D eigenvalue weighted by Gasteiger charge is -2.09. The number of aromatic nitrogens is 1. The fourth-order valence-electron chi connectivity index (χ4n) is 0.940. The highest BCUT2D eigenvalue weighted by Crippen LogP contribution is 2.23. The molecule has 0 radical (unpaired) electrons. The number of nitrogens with zero attached hydrogens (tertiary/aromatic N) is 1. The van der Waals surface area contributed by atoms with E-state index in [-0.39, 0.29) is 31.2 Å². The van der Waals surface area contributed by atoms with Gasteiger partial charge in [-0.15, -0.1) is 24.8 Å². The Bertz CT molecular complexity index is 342. The van der Waals surface area contributed by atoms with Crippen LogP contribution in [0.5, 0.6) is 0 Å². The lowest BCUT2D eigenvalue weighted by Crippen LogP contribution is -2.32. The molecule has 0 aliphatic heterocycles. The van der Waals surface area contributed by atoms with Gasteiger partial charge in [-0.3, -0.25) is 9.78 Å². The van der Waals surface area contributed by atoms with Crippen LogP contribution in [0.25, 0.3) is 0 Å². The maximum absolute atomic E-state index is 10.5.